The summed E-state index contributed by atoms with van der Waals surface area (Å²) < 4.78 is 1.01. The van der Waals surface area contributed by atoms with Crippen LogP contribution in [-0.4, -0.2) is 28.8 Å². The Morgan fingerprint density at radius 1 is 1.40 bits per heavy atom. The number of carbonyl (C=O) groups is 2. The molecule has 1 unspecified atom stereocenters. The predicted molar refractivity (Wildman–Crippen MR) is 81.8 cm³/mol. The van der Waals surface area contributed by atoms with E-state index < -0.39 is 12.0 Å². The fourth-order valence-electron chi connectivity index (χ4n) is 1.87. The van der Waals surface area contributed by atoms with Crippen LogP contribution in [0.5, 0.6) is 0 Å². The zero-order valence-electron chi connectivity index (χ0n) is 10.8. The van der Waals surface area contributed by atoms with Crippen molar-refractivity contribution >= 4 is 39.6 Å². The van der Waals surface area contributed by atoms with E-state index in [1.54, 1.807) is 11.8 Å². The molecule has 0 spiro atoms. The van der Waals surface area contributed by atoms with Crippen LogP contribution < -0.4 is 5.32 Å². The molecule has 1 aromatic carbocycles. The molecule has 0 bridgehead atoms. The summed E-state index contributed by atoms with van der Waals surface area (Å²) in [5.41, 5.74) is 0. The molecule has 2 N–H and O–H groups in total. The molecule has 1 aromatic rings. The molecule has 4 nitrogen and oxygen atoms in total. The van der Waals surface area contributed by atoms with Gasteiger partial charge in [-0.3, -0.25) is 4.79 Å². The van der Waals surface area contributed by atoms with E-state index in [1.807, 2.05) is 24.3 Å². The predicted octanol–water partition coefficient (Wildman–Crippen LogP) is 2.91. The van der Waals surface area contributed by atoms with E-state index in [2.05, 4.69) is 21.2 Å². The van der Waals surface area contributed by atoms with Gasteiger partial charge in [0.25, 0.3) is 0 Å². The van der Waals surface area contributed by atoms with Crippen molar-refractivity contribution in [1.82, 2.24) is 5.32 Å². The topological polar surface area (TPSA) is 66.4 Å². The van der Waals surface area contributed by atoms with Crippen LogP contribution in [0.1, 0.15) is 19.3 Å². The molecule has 20 heavy (non-hydrogen) atoms. The van der Waals surface area contributed by atoms with Crippen LogP contribution in [0.3, 0.4) is 0 Å². The summed E-state index contributed by atoms with van der Waals surface area (Å²) in [7, 11) is 0. The number of carboxylic acids is 1. The fourth-order valence-corrected chi connectivity index (χ4v) is 3.39. The van der Waals surface area contributed by atoms with Gasteiger partial charge in [0.15, 0.2) is 0 Å². The van der Waals surface area contributed by atoms with E-state index in [0.717, 1.165) is 22.2 Å². The third kappa shape index (κ3) is 4.52. The second-order valence-electron chi connectivity index (χ2n) is 4.75. The minimum atomic E-state index is -0.931. The van der Waals surface area contributed by atoms with E-state index in [4.69, 9.17) is 5.11 Å². The van der Waals surface area contributed by atoms with Gasteiger partial charge in [0.1, 0.15) is 6.04 Å². The lowest BCUT2D eigenvalue weighted by Gasteiger charge is -2.13. The van der Waals surface area contributed by atoms with E-state index in [9.17, 15) is 9.59 Å². The summed E-state index contributed by atoms with van der Waals surface area (Å²) in [6.07, 6.45) is 2.11. The van der Waals surface area contributed by atoms with Crippen LogP contribution in [0.4, 0.5) is 0 Å². The Morgan fingerprint density at radius 2 is 2.10 bits per heavy atom. The molecule has 108 valence electrons. The highest BCUT2D eigenvalue weighted by Crippen LogP contribution is 2.33. The molecule has 1 aliphatic carbocycles. The second-order valence-corrected chi connectivity index (χ2v) is 6.74. The Hall–Kier alpha value is -1.01. The molecule has 0 heterocycles. The van der Waals surface area contributed by atoms with E-state index in [0.29, 0.717) is 12.2 Å². The van der Waals surface area contributed by atoms with Crippen molar-refractivity contribution in [2.45, 2.75) is 30.2 Å². The van der Waals surface area contributed by atoms with Gasteiger partial charge in [0, 0.05) is 21.5 Å². The summed E-state index contributed by atoms with van der Waals surface area (Å²) in [6, 6.07) is 7.11. The van der Waals surface area contributed by atoms with Crippen LogP contribution in [0.25, 0.3) is 0 Å². The van der Waals surface area contributed by atoms with Crippen molar-refractivity contribution in [1.29, 1.82) is 0 Å². The standard InChI is InChI=1S/C14H16BrNO3S/c15-10-3-1-2-4-11(10)20-8-7-12(17)16-13(14(18)19)9-5-6-9/h1-4,9,13H,5-8H2,(H,16,17)(H,18,19). The van der Waals surface area contributed by atoms with Gasteiger partial charge in [0.2, 0.25) is 5.91 Å². The van der Waals surface area contributed by atoms with Crippen molar-refractivity contribution < 1.29 is 14.7 Å². The summed E-state index contributed by atoms with van der Waals surface area (Å²) in [6.45, 7) is 0. The zero-order valence-corrected chi connectivity index (χ0v) is 13.2. The lowest BCUT2D eigenvalue weighted by atomic mass is 10.2. The highest BCUT2D eigenvalue weighted by molar-refractivity contribution is 9.10. The van der Waals surface area contributed by atoms with Crippen LogP contribution in [0, 0.1) is 5.92 Å². The number of amides is 1. The molecule has 1 saturated carbocycles. The maximum absolute atomic E-state index is 11.8. The molecule has 0 aliphatic heterocycles. The molecule has 0 saturated heterocycles. The third-order valence-corrected chi connectivity index (χ3v) is 5.13. The van der Waals surface area contributed by atoms with Crippen molar-refractivity contribution in [2.75, 3.05) is 5.75 Å². The fraction of sp³-hybridized carbons (Fsp3) is 0.429. The SMILES string of the molecule is O=C(CCSc1ccccc1Br)NC(C(=O)O)C1CC1. The second kappa shape index (κ2) is 7.13. The Kier molecular flexibility index (Phi) is 5.48. The monoisotopic (exact) mass is 357 g/mol. The number of hydrogen-bond acceptors (Lipinski definition) is 3. The Morgan fingerprint density at radius 3 is 2.70 bits per heavy atom. The highest BCUT2D eigenvalue weighted by Gasteiger charge is 2.37. The van der Waals surface area contributed by atoms with Crippen LogP contribution >= 0.6 is 27.7 Å². The number of carbonyl (C=O) groups excluding carboxylic acids is 1. The molecule has 1 atom stereocenters. The summed E-state index contributed by atoms with van der Waals surface area (Å²) >= 11 is 5.03. The lowest BCUT2D eigenvalue weighted by Crippen LogP contribution is -2.42. The highest BCUT2D eigenvalue weighted by atomic mass is 79.9. The number of carboxylic acid groups (broad SMARTS) is 1. The Labute approximate surface area is 130 Å². The van der Waals surface area contributed by atoms with Crippen LogP contribution in [-0.2, 0) is 9.59 Å². The molecule has 1 fully saturated rings. The third-order valence-electron chi connectivity index (χ3n) is 3.10. The quantitative estimate of drug-likeness (QED) is 0.736. The van der Waals surface area contributed by atoms with Gasteiger partial charge < -0.3 is 10.4 Å². The molecule has 6 heteroatoms. The first kappa shape index (κ1) is 15.4. The smallest absolute Gasteiger partial charge is 0.326 e. The molecular weight excluding hydrogens is 342 g/mol. The first-order valence-electron chi connectivity index (χ1n) is 6.47. The van der Waals surface area contributed by atoms with Gasteiger partial charge in [-0.15, -0.1) is 11.8 Å². The van der Waals surface area contributed by atoms with Crippen LogP contribution in [0.2, 0.25) is 0 Å². The normalized spacial score (nSPS) is 15.7. The first-order chi connectivity index (χ1) is 9.58. The largest absolute Gasteiger partial charge is 0.480 e. The zero-order chi connectivity index (χ0) is 14.5. The molecular formula is C14H16BrNO3S. The minimum Gasteiger partial charge on any atom is -0.480 e. The maximum atomic E-state index is 11.8. The number of aliphatic carboxylic acids is 1. The number of benzene rings is 1. The van der Waals surface area contributed by atoms with E-state index in [-0.39, 0.29) is 11.8 Å². The van der Waals surface area contributed by atoms with Crippen molar-refractivity contribution in [3.05, 3.63) is 28.7 Å². The molecule has 0 aromatic heterocycles. The van der Waals surface area contributed by atoms with Gasteiger partial charge >= 0.3 is 5.97 Å². The van der Waals surface area contributed by atoms with Gasteiger partial charge in [-0.05, 0) is 46.8 Å². The van der Waals surface area contributed by atoms with Crippen LogP contribution in [0.15, 0.2) is 33.6 Å². The summed E-state index contributed by atoms with van der Waals surface area (Å²) in [5, 5.41) is 11.7. The van der Waals surface area contributed by atoms with E-state index in [1.165, 1.54) is 0 Å². The number of thioether (sulfide) groups is 1. The Balaban J connectivity index is 1.75. The van der Waals surface area contributed by atoms with Crippen molar-refractivity contribution in [3.8, 4) is 0 Å². The molecule has 1 amide bonds. The number of rotatable bonds is 7. The molecule has 0 radical (unpaired) electrons. The molecule has 2 rings (SSSR count). The number of hydrogen-bond donors (Lipinski definition) is 2. The van der Waals surface area contributed by atoms with Gasteiger partial charge in [0.05, 0.1) is 0 Å². The van der Waals surface area contributed by atoms with Gasteiger partial charge in [-0.25, -0.2) is 4.79 Å². The average Bonchev–Trinajstić information content (AvgIpc) is 3.22. The number of nitrogens with one attached hydrogen (secondary N) is 1. The average molecular weight is 358 g/mol. The number of halogens is 1. The van der Waals surface area contributed by atoms with Gasteiger partial charge in [-0.1, -0.05) is 12.1 Å². The summed E-state index contributed by atoms with van der Waals surface area (Å²) in [4.78, 5) is 23.9. The van der Waals surface area contributed by atoms with E-state index >= 15 is 0 Å². The molecule has 1 aliphatic rings. The van der Waals surface area contributed by atoms with Crippen molar-refractivity contribution in [2.24, 2.45) is 5.92 Å². The first-order valence-corrected chi connectivity index (χ1v) is 8.25. The minimum absolute atomic E-state index is 0.118. The lowest BCUT2D eigenvalue weighted by molar-refractivity contribution is -0.142. The summed E-state index contributed by atoms with van der Waals surface area (Å²) in [5.74, 6) is -0.374. The van der Waals surface area contributed by atoms with Gasteiger partial charge in [-0.2, -0.15) is 0 Å². The Bertz CT molecular complexity index is 505. The van der Waals surface area contributed by atoms with Crippen molar-refractivity contribution in [3.63, 3.8) is 0 Å². The maximum Gasteiger partial charge on any atom is 0.326 e.